The zero-order chi connectivity index (χ0) is 68.9. The molecule has 0 bridgehead atoms. The summed E-state index contributed by atoms with van der Waals surface area (Å²) in [6, 6.07) is 0. The van der Waals surface area contributed by atoms with Crippen molar-refractivity contribution in [3.05, 3.63) is 0 Å². The number of phosphoric ester groups is 2. The number of phosphoric acid groups is 2. The van der Waals surface area contributed by atoms with Crippen molar-refractivity contribution in [3.63, 3.8) is 0 Å². The van der Waals surface area contributed by atoms with E-state index in [1.165, 1.54) is 167 Å². The second-order valence-electron chi connectivity index (χ2n) is 28.1. The quantitative estimate of drug-likeness (QED) is 0.0222. The molecule has 0 aliphatic carbocycles. The molecule has 0 heterocycles. The number of ether oxygens (including phenoxy) is 4. The van der Waals surface area contributed by atoms with Crippen molar-refractivity contribution < 1.29 is 80.2 Å². The van der Waals surface area contributed by atoms with Gasteiger partial charge in [-0.2, -0.15) is 0 Å². The molecule has 5 unspecified atom stereocenters. The molecule has 0 aromatic rings. The van der Waals surface area contributed by atoms with Crippen molar-refractivity contribution in [1.82, 2.24) is 0 Å². The number of unbranched alkanes of at least 4 members (excludes halogenated alkanes) is 35. The van der Waals surface area contributed by atoms with Crippen molar-refractivity contribution >= 4 is 39.5 Å². The predicted molar refractivity (Wildman–Crippen MR) is 377 cm³/mol. The maximum Gasteiger partial charge on any atom is 0.472 e. The number of aliphatic hydroxyl groups excluding tert-OH is 1. The van der Waals surface area contributed by atoms with Gasteiger partial charge in [-0.15, -0.1) is 0 Å². The molecule has 19 heteroatoms. The van der Waals surface area contributed by atoms with Crippen LogP contribution in [0.15, 0.2) is 0 Å². The number of carbonyl (C=O) groups excluding carboxylic acids is 4. The zero-order valence-electron chi connectivity index (χ0n) is 60.9. The third-order valence-electron chi connectivity index (χ3n) is 17.8. The summed E-state index contributed by atoms with van der Waals surface area (Å²) in [4.78, 5) is 72.7. The van der Waals surface area contributed by atoms with Crippen LogP contribution in [-0.4, -0.2) is 96.7 Å². The van der Waals surface area contributed by atoms with Crippen LogP contribution in [0.4, 0.5) is 0 Å². The highest BCUT2D eigenvalue weighted by Gasteiger charge is 2.30. The molecule has 93 heavy (non-hydrogen) atoms. The van der Waals surface area contributed by atoms with E-state index >= 15 is 0 Å². The maximum absolute atomic E-state index is 13.1. The highest BCUT2D eigenvalue weighted by atomic mass is 31.2. The van der Waals surface area contributed by atoms with Gasteiger partial charge in [0.2, 0.25) is 0 Å². The lowest BCUT2D eigenvalue weighted by Gasteiger charge is -2.21. The van der Waals surface area contributed by atoms with Crippen LogP contribution in [0.1, 0.15) is 370 Å². The minimum absolute atomic E-state index is 0.104. The molecule has 0 saturated heterocycles. The van der Waals surface area contributed by atoms with E-state index < -0.39 is 97.5 Å². The number of hydrogen-bond donors (Lipinski definition) is 3. The molecule has 7 atom stereocenters. The van der Waals surface area contributed by atoms with E-state index in [0.717, 1.165) is 114 Å². The number of rotatable bonds is 71. The summed E-state index contributed by atoms with van der Waals surface area (Å²) in [6.45, 7) is 14.2. The Morgan fingerprint density at radius 1 is 0.301 bits per heavy atom. The fourth-order valence-electron chi connectivity index (χ4n) is 11.1. The second kappa shape index (κ2) is 63.5. The molecule has 17 nitrogen and oxygen atoms in total. The van der Waals surface area contributed by atoms with Gasteiger partial charge in [0.1, 0.15) is 19.3 Å². The smallest absolute Gasteiger partial charge is 0.462 e. The van der Waals surface area contributed by atoms with Gasteiger partial charge in [-0.25, -0.2) is 9.13 Å². The summed E-state index contributed by atoms with van der Waals surface area (Å²) in [5.74, 6) is 0.935. The largest absolute Gasteiger partial charge is 0.472 e. The molecule has 0 radical (unpaired) electrons. The average molecular weight is 1370 g/mol. The first kappa shape index (κ1) is 91.1. The van der Waals surface area contributed by atoms with Gasteiger partial charge in [0.05, 0.1) is 26.4 Å². The molecule has 0 saturated carbocycles. The molecule has 0 aliphatic heterocycles. The van der Waals surface area contributed by atoms with E-state index in [-0.39, 0.29) is 25.7 Å². The Balaban J connectivity index is 5.23. The van der Waals surface area contributed by atoms with Crippen LogP contribution in [0, 0.1) is 23.7 Å². The Kier molecular flexibility index (Phi) is 62.2. The maximum atomic E-state index is 13.1. The SMILES string of the molecule is CCC(C)CCCCCCCCCCC(=O)OC[C@H](COP(=O)(O)OCC(O)COP(=O)(O)OC[C@@H](COC(=O)CCCCCCCCCC(C)C)OC(=O)CCCCCCCCCCC(C)CC)OC(=O)CCCCCCCCCCCCCCCCCCC(C)C. The average Bonchev–Trinajstić information content (AvgIpc) is 1.71. The molecular weight excluding hydrogens is 1220 g/mol. The molecule has 0 aromatic heterocycles. The van der Waals surface area contributed by atoms with Gasteiger partial charge >= 0.3 is 39.5 Å². The molecule has 0 spiro atoms. The van der Waals surface area contributed by atoms with Crippen molar-refractivity contribution in [2.24, 2.45) is 23.7 Å². The van der Waals surface area contributed by atoms with E-state index in [4.69, 9.17) is 37.0 Å². The zero-order valence-corrected chi connectivity index (χ0v) is 62.7. The first-order chi connectivity index (χ1) is 44.7. The Labute approximate surface area is 568 Å². The van der Waals surface area contributed by atoms with Crippen molar-refractivity contribution in [1.29, 1.82) is 0 Å². The Hall–Kier alpha value is -1.94. The minimum atomic E-state index is -4.96. The number of carbonyl (C=O) groups is 4. The lowest BCUT2D eigenvalue weighted by atomic mass is 9.99. The molecule has 0 aromatic carbocycles. The molecule has 0 amide bonds. The van der Waals surface area contributed by atoms with E-state index in [1.807, 2.05) is 0 Å². The topological polar surface area (TPSA) is 237 Å². The van der Waals surface area contributed by atoms with Crippen LogP contribution in [0.5, 0.6) is 0 Å². The molecule has 0 aliphatic rings. The van der Waals surface area contributed by atoms with Gasteiger partial charge < -0.3 is 33.8 Å². The summed E-state index contributed by atoms with van der Waals surface area (Å²) < 4.78 is 68.4. The molecule has 0 rings (SSSR count). The van der Waals surface area contributed by atoms with Crippen LogP contribution in [-0.2, 0) is 65.4 Å². The molecular formula is C74H144O17P2. The monoisotopic (exact) mass is 1370 g/mol. The minimum Gasteiger partial charge on any atom is -0.462 e. The number of aliphatic hydroxyl groups is 1. The van der Waals surface area contributed by atoms with E-state index in [1.54, 1.807) is 0 Å². The highest BCUT2D eigenvalue weighted by molar-refractivity contribution is 7.47. The van der Waals surface area contributed by atoms with Gasteiger partial charge in [0.25, 0.3) is 0 Å². The van der Waals surface area contributed by atoms with Gasteiger partial charge in [0, 0.05) is 25.7 Å². The standard InChI is InChI=1S/C74H144O17P2/c1-9-66(7)52-44-36-28-21-23-30-38-46-54-71(76)84-60-69(90-73(78)56-48-40-31-20-18-16-14-12-11-13-15-17-19-26-34-42-50-64(3)4)62-88-92(80,81)86-58-68(75)59-87-93(82,83)89-63-70(61-85-72(77)55-47-39-33-25-27-35-43-51-65(5)6)91-74(79)57-49-41-32-24-22-29-37-45-53-67(8)10-2/h64-70,75H,9-63H2,1-8H3,(H,80,81)(H,82,83)/t66?,67?,68?,69-,70-/m1/s1. The Morgan fingerprint density at radius 3 is 0.763 bits per heavy atom. The first-order valence-electron chi connectivity index (χ1n) is 38.3. The summed E-state index contributed by atoms with van der Waals surface area (Å²) in [5.41, 5.74) is 0. The number of esters is 4. The summed E-state index contributed by atoms with van der Waals surface area (Å²) >= 11 is 0. The van der Waals surface area contributed by atoms with E-state index in [0.29, 0.717) is 31.6 Å². The van der Waals surface area contributed by atoms with Crippen molar-refractivity contribution in [3.8, 4) is 0 Å². The van der Waals surface area contributed by atoms with Gasteiger partial charge in [-0.05, 0) is 49.4 Å². The van der Waals surface area contributed by atoms with E-state index in [9.17, 15) is 43.2 Å². The van der Waals surface area contributed by atoms with Gasteiger partial charge in [0.15, 0.2) is 12.2 Å². The fourth-order valence-corrected chi connectivity index (χ4v) is 12.7. The van der Waals surface area contributed by atoms with Crippen LogP contribution < -0.4 is 0 Å². The summed E-state index contributed by atoms with van der Waals surface area (Å²) in [6.07, 6.45) is 47.2. The normalized spacial score (nSPS) is 14.8. The lowest BCUT2D eigenvalue weighted by Crippen LogP contribution is -2.30. The number of hydrogen-bond acceptors (Lipinski definition) is 15. The summed E-state index contributed by atoms with van der Waals surface area (Å²) in [5, 5.41) is 10.6. The Morgan fingerprint density at radius 2 is 0.516 bits per heavy atom. The first-order valence-corrected chi connectivity index (χ1v) is 41.3. The highest BCUT2D eigenvalue weighted by Crippen LogP contribution is 2.45. The lowest BCUT2D eigenvalue weighted by molar-refractivity contribution is -0.161. The third kappa shape index (κ3) is 65.8. The van der Waals surface area contributed by atoms with Crippen LogP contribution in [0.25, 0.3) is 0 Å². The van der Waals surface area contributed by atoms with Crippen LogP contribution >= 0.6 is 15.6 Å². The van der Waals surface area contributed by atoms with Crippen LogP contribution in [0.2, 0.25) is 0 Å². The molecule has 0 fully saturated rings. The summed E-state index contributed by atoms with van der Waals surface area (Å²) in [7, 11) is -9.91. The van der Waals surface area contributed by atoms with E-state index in [2.05, 4.69) is 55.4 Å². The van der Waals surface area contributed by atoms with Gasteiger partial charge in [-0.3, -0.25) is 37.3 Å². The molecule has 3 N–H and O–H groups in total. The molecule has 552 valence electrons. The predicted octanol–water partition coefficient (Wildman–Crippen LogP) is 21.3. The van der Waals surface area contributed by atoms with Crippen LogP contribution in [0.3, 0.4) is 0 Å². The Bertz CT molecular complexity index is 1840. The third-order valence-corrected chi connectivity index (χ3v) is 19.7. The second-order valence-corrected chi connectivity index (χ2v) is 31.0. The van der Waals surface area contributed by atoms with Gasteiger partial charge in [-0.1, -0.05) is 319 Å². The van der Waals surface area contributed by atoms with Crippen molar-refractivity contribution in [2.75, 3.05) is 39.6 Å². The van der Waals surface area contributed by atoms with Crippen molar-refractivity contribution in [2.45, 2.75) is 388 Å². The fraction of sp³-hybridized carbons (Fsp3) is 0.946.